The molecule has 1 aromatic carbocycles. The van der Waals surface area contributed by atoms with Crippen LogP contribution in [0.2, 0.25) is 0 Å². The smallest absolute Gasteiger partial charge is 0.251 e. The molecule has 0 saturated heterocycles. The molecule has 3 N–H and O–H groups in total. The zero-order valence-electron chi connectivity index (χ0n) is 12.5. The molecule has 0 unspecified atom stereocenters. The van der Waals surface area contributed by atoms with Gasteiger partial charge in [-0.25, -0.2) is 0 Å². The lowest BCUT2D eigenvalue weighted by molar-refractivity contribution is 0.0952. The van der Waals surface area contributed by atoms with Gasteiger partial charge in [-0.05, 0) is 55.7 Å². The van der Waals surface area contributed by atoms with E-state index in [9.17, 15) is 4.79 Å². The fourth-order valence-corrected chi connectivity index (χ4v) is 1.97. The first-order valence-electron chi connectivity index (χ1n) is 7.42. The number of anilines is 1. The summed E-state index contributed by atoms with van der Waals surface area (Å²) in [5.41, 5.74) is 6.98. The summed E-state index contributed by atoms with van der Waals surface area (Å²) in [6.45, 7) is 1.34. The standard InChI is InChI=1S/C17H21N3O2/c18-15-4-6-16(7-5-15)22-13-3-1-2-10-20-17(21)14-8-11-19-12-9-14/h4-9,11-12H,1-3,10,13,18H2,(H,20,21). The van der Waals surface area contributed by atoms with E-state index in [-0.39, 0.29) is 5.91 Å². The van der Waals surface area contributed by atoms with Gasteiger partial charge in [-0.3, -0.25) is 9.78 Å². The third-order valence-corrected chi connectivity index (χ3v) is 3.20. The summed E-state index contributed by atoms with van der Waals surface area (Å²) < 4.78 is 5.61. The number of ether oxygens (including phenoxy) is 1. The van der Waals surface area contributed by atoms with Gasteiger partial charge in [0.25, 0.3) is 5.91 Å². The van der Waals surface area contributed by atoms with Crippen molar-refractivity contribution in [3.8, 4) is 5.75 Å². The van der Waals surface area contributed by atoms with Gasteiger partial charge >= 0.3 is 0 Å². The zero-order chi connectivity index (χ0) is 15.6. The summed E-state index contributed by atoms with van der Waals surface area (Å²) in [4.78, 5) is 15.7. The Morgan fingerprint density at radius 2 is 1.77 bits per heavy atom. The number of carbonyl (C=O) groups is 1. The quantitative estimate of drug-likeness (QED) is 0.580. The number of rotatable bonds is 8. The fraction of sp³-hybridized carbons (Fsp3) is 0.294. The molecule has 1 aromatic heterocycles. The van der Waals surface area contributed by atoms with E-state index in [4.69, 9.17) is 10.5 Å². The number of carbonyl (C=O) groups excluding carboxylic acids is 1. The van der Waals surface area contributed by atoms with E-state index in [0.29, 0.717) is 18.7 Å². The predicted molar refractivity (Wildman–Crippen MR) is 86.8 cm³/mol. The highest BCUT2D eigenvalue weighted by molar-refractivity contribution is 5.93. The van der Waals surface area contributed by atoms with Crippen LogP contribution in [0.5, 0.6) is 5.75 Å². The van der Waals surface area contributed by atoms with Gasteiger partial charge in [0.15, 0.2) is 0 Å². The summed E-state index contributed by atoms with van der Waals surface area (Å²) in [7, 11) is 0. The molecule has 0 saturated carbocycles. The van der Waals surface area contributed by atoms with Gasteiger partial charge in [0.1, 0.15) is 5.75 Å². The number of benzene rings is 1. The normalized spacial score (nSPS) is 10.2. The molecule has 2 rings (SSSR count). The summed E-state index contributed by atoms with van der Waals surface area (Å²) in [6.07, 6.45) is 6.12. The number of nitrogens with one attached hydrogen (secondary N) is 1. The molecule has 0 atom stereocenters. The molecule has 5 heteroatoms. The van der Waals surface area contributed by atoms with E-state index in [2.05, 4.69) is 10.3 Å². The topological polar surface area (TPSA) is 77.2 Å². The Morgan fingerprint density at radius 1 is 1.05 bits per heavy atom. The average molecular weight is 299 g/mol. The number of pyridine rings is 1. The molecular formula is C17H21N3O2. The molecule has 1 amide bonds. The van der Waals surface area contributed by atoms with E-state index in [1.165, 1.54) is 0 Å². The van der Waals surface area contributed by atoms with Crippen molar-refractivity contribution >= 4 is 11.6 Å². The number of unbranched alkanes of at least 4 members (excludes halogenated alkanes) is 2. The molecule has 0 aliphatic heterocycles. The van der Waals surface area contributed by atoms with Crippen LogP contribution in [0.3, 0.4) is 0 Å². The molecule has 0 aliphatic carbocycles. The van der Waals surface area contributed by atoms with Crippen molar-refractivity contribution in [3.05, 3.63) is 54.4 Å². The Labute approximate surface area is 130 Å². The van der Waals surface area contributed by atoms with Crippen LogP contribution in [-0.2, 0) is 0 Å². The number of amides is 1. The van der Waals surface area contributed by atoms with E-state index in [0.717, 1.165) is 30.7 Å². The highest BCUT2D eigenvalue weighted by Gasteiger charge is 2.02. The van der Waals surface area contributed by atoms with Crippen molar-refractivity contribution in [1.82, 2.24) is 10.3 Å². The number of nitrogen functional groups attached to an aromatic ring is 1. The largest absolute Gasteiger partial charge is 0.494 e. The van der Waals surface area contributed by atoms with Crippen molar-refractivity contribution in [2.24, 2.45) is 0 Å². The summed E-state index contributed by atoms with van der Waals surface area (Å²) in [5.74, 6) is 0.778. The number of hydrogen-bond acceptors (Lipinski definition) is 4. The minimum Gasteiger partial charge on any atom is -0.494 e. The van der Waals surface area contributed by atoms with E-state index >= 15 is 0 Å². The van der Waals surface area contributed by atoms with E-state index in [1.54, 1.807) is 24.5 Å². The number of nitrogens with zero attached hydrogens (tertiary/aromatic N) is 1. The number of nitrogens with two attached hydrogens (primary N) is 1. The van der Waals surface area contributed by atoms with Crippen molar-refractivity contribution < 1.29 is 9.53 Å². The van der Waals surface area contributed by atoms with Crippen molar-refractivity contribution in [3.63, 3.8) is 0 Å². The van der Waals surface area contributed by atoms with Gasteiger partial charge in [-0.2, -0.15) is 0 Å². The number of aromatic nitrogens is 1. The van der Waals surface area contributed by atoms with Crippen LogP contribution in [0.15, 0.2) is 48.8 Å². The molecule has 0 radical (unpaired) electrons. The Bertz CT molecular complexity index is 570. The first-order valence-corrected chi connectivity index (χ1v) is 7.42. The maximum Gasteiger partial charge on any atom is 0.251 e. The van der Waals surface area contributed by atoms with Crippen molar-refractivity contribution in [1.29, 1.82) is 0 Å². The first kappa shape index (κ1) is 15.8. The summed E-state index contributed by atoms with van der Waals surface area (Å²) in [5, 5.41) is 2.89. The van der Waals surface area contributed by atoms with Crippen LogP contribution >= 0.6 is 0 Å². The fourth-order valence-electron chi connectivity index (χ4n) is 1.97. The summed E-state index contributed by atoms with van der Waals surface area (Å²) >= 11 is 0. The maximum absolute atomic E-state index is 11.8. The van der Waals surface area contributed by atoms with E-state index < -0.39 is 0 Å². The molecule has 0 fully saturated rings. The molecule has 0 bridgehead atoms. The lowest BCUT2D eigenvalue weighted by atomic mass is 10.2. The molecule has 22 heavy (non-hydrogen) atoms. The third-order valence-electron chi connectivity index (χ3n) is 3.20. The predicted octanol–water partition coefficient (Wildman–Crippen LogP) is 2.64. The van der Waals surface area contributed by atoms with Crippen LogP contribution < -0.4 is 15.8 Å². The van der Waals surface area contributed by atoms with Crippen LogP contribution in [0.1, 0.15) is 29.6 Å². The second-order valence-corrected chi connectivity index (χ2v) is 4.97. The van der Waals surface area contributed by atoms with Crippen LogP contribution in [0.4, 0.5) is 5.69 Å². The average Bonchev–Trinajstić information content (AvgIpc) is 2.56. The molecule has 5 nitrogen and oxygen atoms in total. The highest BCUT2D eigenvalue weighted by atomic mass is 16.5. The second kappa shape index (κ2) is 8.67. The van der Waals surface area contributed by atoms with Gasteiger partial charge in [-0.15, -0.1) is 0 Å². The van der Waals surface area contributed by atoms with Crippen LogP contribution in [-0.4, -0.2) is 24.0 Å². The third kappa shape index (κ3) is 5.44. The van der Waals surface area contributed by atoms with Gasteiger partial charge < -0.3 is 15.8 Å². The van der Waals surface area contributed by atoms with Gasteiger partial charge in [0.2, 0.25) is 0 Å². The lowest BCUT2D eigenvalue weighted by Gasteiger charge is -2.07. The highest BCUT2D eigenvalue weighted by Crippen LogP contribution is 2.13. The molecule has 0 spiro atoms. The van der Waals surface area contributed by atoms with Crippen molar-refractivity contribution in [2.45, 2.75) is 19.3 Å². The van der Waals surface area contributed by atoms with Crippen LogP contribution in [0, 0.1) is 0 Å². The Balaban J connectivity index is 1.52. The van der Waals surface area contributed by atoms with E-state index in [1.807, 2.05) is 24.3 Å². The van der Waals surface area contributed by atoms with Crippen LogP contribution in [0.25, 0.3) is 0 Å². The minimum atomic E-state index is -0.0551. The Hall–Kier alpha value is -2.56. The van der Waals surface area contributed by atoms with Gasteiger partial charge in [0.05, 0.1) is 6.61 Å². The molecule has 1 heterocycles. The minimum absolute atomic E-state index is 0.0551. The Kier molecular flexibility index (Phi) is 6.23. The van der Waals surface area contributed by atoms with Crippen molar-refractivity contribution in [2.75, 3.05) is 18.9 Å². The summed E-state index contributed by atoms with van der Waals surface area (Å²) in [6, 6.07) is 10.8. The number of hydrogen-bond donors (Lipinski definition) is 2. The molecule has 116 valence electrons. The first-order chi connectivity index (χ1) is 10.8. The second-order valence-electron chi connectivity index (χ2n) is 4.97. The molecular weight excluding hydrogens is 278 g/mol. The SMILES string of the molecule is Nc1ccc(OCCCCCNC(=O)c2ccncc2)cc1. The van der Waals surface area contributed by atoms with Gasteiger partial charge in [0, 0.05) is 30.2 Å². The maximum atomic E-state index is 11.8. The lowest BCUT2D eigenvalue weighted by Crippen LogP contribution is -2.24. The zero-order valence-corrected chi connectivity index (χ0v) is 12.5. The molecule has 2 aromatic rings. The molecule has 0 aliphatic rings. The monoisotopic (exact) mass is 299 g/mol. The van der Waals surface area contributed by atoms with Gasteiger partial charge in [-0.1, -0.05) is 0 Å². The Morgan fingerprint density at radius 3 is 2.50 bits per heavy atom.